The minimum Gasteiger partial charge on any atom is -0.343 e. The van der Waals surface area contributed by atoms with Crippen molar-refractivity contribution in [2.24, 2.45) is 0 Å². The first kappa shape index (κ1) is 11.7. The van der Waals surface area contributed by atoms with Gasteiger partial charge in [0.05, 0.1) is 6.54 Å². The summed E-state index contributed by atoms with van der Waals surface area (Å²) in [7, 11) is 0. The molecule has 1 aromatic carbocycles. The molecule has 0 aliphatic rings. The lowest BCUT2D eigenvalue weighted by Gasteiger charge is -2.02. The summed E-state index contributed by atoms with van der Waals surface area (Å²) in [6.07, 6.45) is 0. The van der Waals surface area contributed by atoms with Gasteiger partial charge in [0.1, 0.15) is 0 Å². The highest BCUT2D eigenvalue weighted by Crippen LogP contribution is 2.08. The number of rotatable bonds is 3. The van der Waals surface area contributed by atoms with Crippen molar-refractivity contribution in [3.63, 3.8) is 0 Å². The normalized spacial score (nSPS) is 10.2. The molecule has 88 valence electrons. The van der Waals surface area contributed by atoms with Gasteiger partial charge in [0.15, 0.2) is 5.82 Å². The molecule has 1 heterocycles. The fourth-order valence-electron chi connectivity index (χ4n) is 1.32. The highest BCUT2D eigenvalue weighted by atomic mass is 32.1. The average Bonchev–Trinajstić information content (AvgIpc) is 2.72. The van der Waals surface area contributed by atoms with Gasteiger partial charge in [0.2, 0.25) is 5.89 Å². The predicted molar refractivity (Wildman–Crippen MR) is 63.9 cm³/mol. The third-order valence-corrected chi connectivity index (χ3v) is 2.36. The molecule has 0 unspecified atom stereocenters. The number of benzene rings is 1. The Morgan fingerprint density at radius 3 is 3.00 bits per heavy atom. The summed E-state index contributed by atoms with van der Waals surface area (Å²) in [5, 5.41) is 6.32. The van der Waals surface area contributed by atoms with E-state index in [0.29, 0.717) is 17.3 Å². The number of nitrogens with zero attached hydrogens (tertiary/aromatic N) is 2. The molecule has 1 N–H and O–H groups in total. The summed E-state index contributed by atoms with van der Waals surface area (Å²) in [6.45, 7) is 1.94. The zero-order valence-electron chi connectivity index (χ0n) is 9.17. The van der Waals surface area contributed by atoms with Crippen LogP contribution < -0.4 is 5.32 Å². The Labute approximate surface area is 104 Å². The zero-order valence-corrected chi connectivity index (χ0v) is 10.1. The number of hydrogen-bond acceptors (Lipinski definition) is 5. The standard InChI is InChI=1S/C11H11N3O2S/c1-7-13-10(16-14-7)6-12-11(15)8-3-2-4-9(17)5-8/h2-5,17H,6H2,1H3,(H,12,15). The topological polar surface area (TPSA) is 68.0 Å². The number of carbonyl (C=O) groups is 1. The van der Waals surface area contributed by atoms with Crippen molar-refractivity contribution < 1.29 is 9.32 Å². The molecule has 0 atom stereocenters. The summed E-state index contributed by atoms with van der Waals surface area (Å²) in [5.41, 5.74) is 0.550. The molecule has 0 spiro atoms. The number of aryl methyl sites for hydroxylation is 1. The second-order valence-corrected chi connectivity index (χ2v) is 3.98. The summed E-state index contributed by atoms with van der Waals surface area (Å²) in [4.78, 5) is 16.5. The highest BCUT2D eigenvalue weighted by Gasteiger charge is 2.08. The molecule has 0 aliphatic carbocycles. The van der Waals surface area contributed by atoms with Crippen LogP contribution in [0.4, 0.5) is 0 Å². The molecular formula is C11H11N3O2S. The first-order valence-electron chi connectivity index (χ1n) is 5.01. The van der Waals surface area contributed by atoms with Crippen molar-refractivity contribution in [1.29, 1.82) is 0 Å². The molecule has 1 aromatic heterocycles. The molecular weight excluding hydrogens is 238 g/mol. The van der Waals surface area contributed by atoms with Crippen molar-refractivity contribution >= 4 is 18.5 Å². The molecule has 2 rings (SSSR count). The third kappa shape index (κ3) is 3.07. The number of carbonyl (C=O) groups excluding carboxylic acids is 1. The Bertz CT molecular complexity index is 539. The molecule has 0 saturated heterocycles. The Hall–Kier alpha value is -1.82. The average molecular weight is 249 g/mol. The number of hydrogen-bond donors (Lipinski definition) is 2. The van der Waals surface area contributed by atoms with Crippen molar-refractivity contribution in [1.82, 2.24) is 15.5 Å². The van der Waals surface area contributed by atoms with Crippen LogP contribution in [-0.2, 0) is 6.54 Å². The van der Waals surface area contributed by atoms with Crippen LogP contribution in [0.5, 0.6) is 0 Å². The van der Waals surface area contributed by atoms with E-state index < -0.39 is 0 Å². The summed E-state index contributed by atoms with van der Waals surface area (Å²) in [6, 6.07) is 6.99. The zero-order chi connectivity index (χ0) is 12.3. The Morgan fingerprint density at radius 2 is 2.35 bits per heavy atom. The number of nitrogens with one attached hydrogen (secondary N) is 1. The summed E-state index contributed by atoms with van der Waals surface area (Å²) < 4.78 is 4.88. The van der Waals surface area contributed by atoms with E-state index in [1.54, 1.807) is 31.2 Å². The largest absolute Gasteiger partial charge is 0.343 e. The Kier molecular flexibility index (Phi) is 3.43. The van der Waals surface area contributed by atoms with Crippen LogP contribution in [0.2, 0.25) is 0 Å². The van der Waals surface area contributed by atoms with E-state index in [4.69, 9.17) is 4.52 Å². The van der Waals surface area contributed by atoms with Crippen LogP contribution >= 0.6 is 12.6 Å². The monoisotopic (exact) mass is 249 g/mol. The van der Waals surface area contributed by atoms with Crippen LogP contribution in [0, 0.1) is 6.92 Å². The highest BCUT2D eigenvalue weighted by molar-refractivity contribution is 7.80. The van der Waals surface area contributed by atoms with Gasteiger partial charge in [-0.15, -0.1) is 12.6 Å². The lowest BCUT2D eigenvalue weighted by atomic mass is 10.2. The summed E-state index contributed by atoms with van der Waals surface area (Å²) >= 11 is 4.17. The van der Waals surface area contributed by atoms with Gasteiger partial charge in [0, 0.05) is 10.5 Å². The molecule has 0 radical (unpaired) electrons. The smallest absolute Gasteiger partial charge is 0.251 e. The fraction of sp³-hybridized carbons (Fsp3) is 0.182. The van der Waals surface area contributed by atoms with Gasteiger partial charge < -0.3 is 9.84 Å². The minimum atomic E-state index is -0.197. The van der Waals surface area contributed by atoms with Gasteiger partial charge in [-0.2, -0.15) is 4.98 Å². The molecule has 0 fully saturated rings. The Morgan fingerprint density at radius 1 is 1.53 bits per heavy atom. The molecule has 0 aliphatic heterocycles. The van der Waals surface area contributed by atoms with Crippen molar-refractivity contribution in [2.45, 2.75) is 18.4 Å². The number of aromatic nitrogens is 2. The fourth-order valence-corrected chi connectivity index (χ4v) is 1.54. The maximum atomic E-state index is 11.7. The number of amides is 1. The van der Waals surface area contributed by atoms with Crippen LogP contribution in [0.25, 0.3) is 0 Å². The second kappa shape index (κ2) is 5.01. The predicted octanol–water partition coefficient (Wildman–Crippen LogP) is 1.60. The van der Waals surface area contributed by atoms with Gasteiger partial charge in [0.25, 0.3) is 5.91 Å². The Balaban J connectivity index is 1.98. The molecule has 2 aromatic rings. The molecule has 1 amide bonds. The van der Waals surface area contributed by atoms with E-state index in [1.807, 2.05) is 0 Å². The first-order valence-corrected chi connectivity index (χ1v) is 5.46. The van der Waals surface area contributed by atoms with Crippen LogP contribution in [0.1, 0.15) is 22.1 Å². The minimum absolute atomic E-state index is 0.197. The third-order valence-electron chi connectivity index (χ3n) is 2.08. The van der Waals surface area contributed by atoms with Crippen LogP contribution in [-0.4, -0.2) is 16.0 Å². The van der Waals surface area contributed by atoms with Crippen molar-refractivity contribution in [2.75, 3.05) is 0 Å². The lowest BCUT2D eigenvalue weighted by Crippen LogP contribution is -2.22. The van der Waals surface area contributed by atoms with Crippen LogP contribution in [0.3, 0.4) is 0 Å². The van der Waals surface area contributed by atoms with E-state index in [1.165, 1.54) is 0 Å². The van der Waals surface area contributed by atoms with E-state index in [9.17, 15) is 4.79 Å². The molecule has 5 nitrogen and oxygen atoms in total. The van der Waals surface area contributed by atoms with Gasteiger partial charge in [-0.1, -0.05) is 11.2 Å². The van der Waals surface area contributed by atoms with E-state index in [0.717, 1.165) is 4.90 Å². The maximum Gasteiger partial charge on any atom is 0.251 e. The van der Waals surface area contributed by atoms with Gasteiger partial charge in [-0.3, -0.25) is 4.79 Å². The molecule has 6 heteroatoms. The van der Waals surface area contributed by atoms with Crippen LogP contribution in [0.15, 0.2) is 33.7 Å². The molecule has 17 heavy (non-hydrogen) atoms. The van der Waals surface area contributed by atoms with Crippen molar-refractivity contribution in [3.05, 3.63) is 41.5 Å². The molecule has 0 bridgehead atoms. The van der Waals surface area contributed by atoms with E-state index in [-0.39, 0.29) is 12.5 Å². The van der Waals surface area contributed by atoms with E-state index >= 15 is 0 Å². The second-order valence-electron chi connectivity index (χ2n) is 3.47. The number of thiol groups is 1. The van der Waals surface area contributed by atoms with Gasteiger partial charge in [-0.25, -0.2) is 0 Å². The maximum absolute atomic E-state index is 11.7. The van der Waals surface area contributed by atoms with Crippen molar-refractivity contribution in [3.8, 4) is 0 Å². The van der Waals surface area contributed by atoms with Gasteiger partial charge in [-0.05, 0) is 25.1 Å². The SMILES string of the molecule is Cc1noc(CNC(=O)c2cccc(S)c2)n1. The molecule has 0 saturated carbocycles. The summed E-state index contributed by atoms with van der Waals surface area (Å²) in [5.74, 6) is 0.737. The van der Waals surface area contributed by atoms with E-state index in [2.05, 4.69) is 28.1 Å². The lowest BCUT2D eigenvalue weighted by molar-refractivity contribution is 0.0946. The first-order chi connectivity index (χ1) is 8.15. The van der Waals surface area contributed by atoms with Gasteiger partial charge >= 0.3 is 0 Å². The quantitative estimate of drug-likeness (QED) is 0.811.